The number of hydrogen-bond acceptors (Lipinski definition) is 2. The van der Waals surface area contributed by atoms with Crippen LogP contribution in [-0.2, 0) is 11.2 Å². The summed E-state index contributed by atoms with van der Waals surface area (Å²) in [6.45, 7) is 2.21. The lowest BCUT2D eigenvalue weighted by Gasteiger charge is -2.04. The molecule has 3 heteroatoms. The van der Waals surface area contributed by atoms with Crippen LogP contribution in [0.4, 0.5) is 0 Å². The zero-order chi connectivity index (χ0) is 15.8. The maximum absolute atomic E-state index is 10.7. The van der Waals surface area contributed by atoms with E-state index in [9.17, 15) is 4.79 Å². The summed E-state index contributed by atoms with van der Waals surface area (Å²) in [6, 6.07) is 12.1. The third-order valence-corrected chi connectivity index (χ3v) is 3.54. The van der Waals surface area contributed by atoms with E-state index >= 15 is 0 Å². The molecular formula is C19H22N2O. The molecular weight excluding hydrogens is 272 g/mol. The standard InChI is InChI=1S/C19H22N2O/c1-2-3-4-5-16-8-12-18(21-14-16)17-10-6-15(7-11-17)9-13-19(20)22/h6-14H,2-5H2,1H3,(H2,20,22). The van der Waals surface area contributed by atoms with E-state index in [2.05, 4.69) is 24.0 Å². The fraction of sp³-hybridized carbons (Fsp3) is 0.263. The Hall–Kier alpha value is -2.42. The molecule has 0 spiro atoms. The van der Waals surface area contributed by atoms with Crippen LogP contribution in [0.15, 0.2) is 48.7 Å². The number of hydrogen-bond donors (Lipinski definition) is 1. The van der Waals surface area contributed by atoms with Gasteiger partial charge in [-0.2, -0.15) is 0 Å². The van der Waals surface area contributed by atoms with Gasteiger partial charge < -0.3 is 5.73 Å². The molecule has 0 aliphatic rings. The number of aromatic nitrogens is 1. The number of nitrogens with zero attached hydrogens (tertiary/aromatic N) is 1. The molecule has 0 radical (unpaired) electrons. The van der Waals surface area contributed by atoms with Gasteiger partial charge in [0.1, 0.15) is 0 Å². The Morgan fingerprint density at radius 3 is 2.50 bits per heavy atom. The summed E-state index contributed by atoms with van der Waals surface area (Å²) >= 11 is 0. The smallest absolute Gasteiger partial charge is 0.241 e. The number of aryl methyl sites for hydroxylation is 1. The highest BCUT2D eigenvalue weighted by Crippen LogP contribution is 2.19. The third-order valence-electron chi connectivity index (χ3n) is 3.54. The van der Waals surface area contributed by atoms with Crippen LogP contribution < -0.4 is 5.73 Å². The van der Waals surface area contributed by atoms with Crippen LogP contribution in [0.5, 0.6) is 0 Å². The van der Waals surface area contributed by atoms with Gasteiger partial charge in [-0.25, -0.2) is 0 Å². The van der Waals surface area contributed by atoms with Crippen molar-refractivity contribution < 1.29 is 4.79 Å². The first kappa shape index (κ1) is 16.0. The molecule has 1 heterocycles. The minimum absolute atomic E-state index is 0.440. The molecule has 0 bridgehead atoms. The van der Waals surface area contributed by atoms with E-state index in [1.807, 2.05) is 30.5 Å². The van der Waals surface area contributed by atoms with Crippen LogP contribution in [0.25, 0.3) is 17.3 Å². The first-order valence-corrected chi connectivity index (χ1v) is 7.72. The van der Waals surface area contributed by atoms with Crippen molar-refractivity contribution in [2.45, 2.75) is 32.6 Å². The lowest BCUT2D eigenvalue weighted by atomic mass is 10.1. The Morgan fingerprint density at radius 2 is 1.91 bits per heavy atom. The molecule has 1 amide bonds. The molecule has 0 saturated heterocycles. The zero-order valence-electron chi connectivity index (χ0n) is 13.0. The summed E-state index contributed by atoms with van der Waals surface area (Å²) in [7, 11) is 0. The van der Waals surface area contributed by atoms with Crippen molar-refractivity contribution in [1.82, 2.24) is 4.98 Å². The number of carbonyl (C=O) groups is 1. The van der Waals surface area contributed by atoms with E-state index in [0.29, 0.717) is 0 Å². The molecule has 114 valence electrons. The first-order chi connectivity index (χ1) is 10.7. The quantitative estimate of drug-likeness (QED) is 0.620. The number of carbonyl (C=O) groups excluding carboxylic acids is 1. The van der Waals surface area contributed by atoms with Gasteiger partial charge in [-0.1, -0.05) is 50.1 Å². The summed E-state index contributed by atoms with van der Waals surface area (Å²) in [5.74, 6) is -0.440. The number of unbranched alkanes of at least 4 members (excludes halogenated alkanes) is 2. The topological polar surface area (TPSA) is 56.0 Å². The van der Waals surface area contributed by atoms with Gasteiger partial charge in [0.05, 0.1) is 5.69 Å². The van der Waals surface area contributed by atoms with Gasteiger partial charge in [-0.05, 0) is 36.1 Å². The number of primary amides is 1. The van der Waals surface area contributed by atoms with E-state index in [4.69, 9.17) is 5.73 Å². The second-order valence-electron chi connectivity index (χ2n) is 5.37. The van der Waals surface area contributed by atoms with Crippen molar-refractivity contribution in [3.05, 3.63) is 59.8 Å². The Bertz CT molecular complexity index is 627. The molecule has 1 aromatic carbocycles. The van der Waals surface area contributed by atoms with Gasteiger partial charge in [0, 0.05) is 17.8 Å². The molecule has 3 nitrogen and oxygen atoms in total. The SMILES string of the molecule is CCCCCc1ccc(-c2ccc(C=CC(N)=O)cc2)nc1. The van der Waals surface area contributed by atoms with Crippen molar-refractivity contribution in [2.75, 3.05) is 0 Å². The van der Waals surface area contributed by atoms with E-state index in [1.54, 1.807) is 6.08 Å². The summed E-state index contributed by atoms with van der Waals surface area (Å²) < 4.78 is 0. The fourth-order valence-corrected chi connectivity index (χ4v) is 2.27. The predicted octanol–water partition coefficient (Wildman–Crippen LogP) is 3.98. The number of pyridine rings is 1. The molecule has 0 fully saturated rings. The highest BCUT2D eigenvalue weighted by Gasteiger charge is 2.00. The maximum atomic E-state index is 10.7. The Kier molecular flexibility index (Phi) is 5.90. The van der Waals surface area contributed by atoms with Gasteiger partial charge in [-0.3, -0.25) is 9.78 Å². The number of benzene rings is 1. The van der Waals surface area contributed by atoms with Crippen LogP contribution in [0.1, 0.15) is 37.3 Å². The summed E-state index contributed by atoms with van der Waals surface area (Å²) in [5, 5.41) is 0. The van der Waals surface area contributed by atoms with Crippen LogP contribution in [0.3, 0.4) is 0 Å². The zero-order valence-corrected chi connectivity index (χ0v) is 13.0. The second kappa shape index (κ2) is 8.13. The highest BCUT2D eigenvalue weighted by atomic mass is 16.1. The average Bonchev–Trinajstić information content (AvgIpc) is 2.54. The van der Waals surface area contributed by atoms with Crippen LogP contribution in [0.2, 0.25) is 0 Å². The Balaban J connectivity index is 2.03. The molecule has 0 aliphatic heterocycles. The van der Waals surface area contributed by atoms with E-state index in [1.165, 1.54) is 30.9 Å². The number of amides is 1. The highest BCUT2D eigenvalue weighted by molar-refractivity contribution is 5.90. The van der Waals surface area contributed by atoms with Crippen LogP contribution in [-0.4, -0.2) is 10.9 Å². The summed E-state index contributed by atoms with van der Waals surface area (Å²) in [5.41, 5.74) is 9.35. The molecule has 0 aliphatic carbocycles. The molecule has 1 aromatic heterocycles. The lowest BCUT2D eigenvalue weighted by Crippen LogP contribution is -2.04. The number of rotatable bonds is 7. The summed E-state index contributed by atoms with van der Waals surface area (Å²) in [4.78, 5) is 15.3. The Morgan fingerprint density at radius 1 is 1.14 bits per heavy atom. The van der Waals surface area contributed by atoms with Crippen LogP contribution >= 0.6 is 0 Å². The third kappa shape index (κ3) is 4.85. The van der Waals surface area contributed by atoms with Gasteiger partial charge in [0.25, 0.3) is 0 Å². The van der Waals surface area contributed by atoms with E-state index in [0.717, 1.165) is 23.2 Å². The molecule has 2 rings (SSSR count). The first-order valence-electron chi connectivity index (χ1n) is 7.72. The van der Waals surface area contributed by atoms with Crippen molar-refractivity contribution in [1.29, 1.82) is 0 Å². The average molecular weight is 294 g/mol. The normalized spacial score (nSPS) is 11.0. The minimum Gasteiger partial charge on any atom is -0.366 e. The number of nitrogens with two attached hydrogens (primary N) is 1. The van der Waals surface area contributed by atoms with Crippen molar-refractivity contribution >= 4 is 12.0 Å². The molecule has 0 atom stereocenters. The maximum Gasteiger partial charge on any atom is 0.241 e. The van der Waals surface area contributed by atoms with Gasteiger partial charge in [0.2, 0.25) is 5.91 Å². The van der Waals surface area contributed by atoms with E-state index < -0.39 is 5.91 Å². The molecule has 0 saturated carbocycles. The lowest BCUT2D eigenvalue weighted by molar-refractivity contribution is -0.113. The van der Waals surface area contributed by atoms with Crippen LogP contribution in [0, 0.1) is 0 Å². The minimum atomic E-state index is -0.440. The van der Waals surface area contributed by atoms with Gasteiger partial charge >= 0.3 is 0 Å². The summed E-state index contributed by atoms with van der Waals surface area (Å²) in [6.07, 6.45) is 9.85. The monoisotopic (exact) mass is 294 g/mol. The molecule has 2 aromatic rings. The largest absolute Gasteiger partial charge is 0.366 e. The van der Waals surface area contributed by atoms with Crippen molar-refractivity contribution in [3.8, 4) is 11.3 Å². The molecule has 0 unspecified atom stereocenters. The van der Waals surface area contributed by atoms with Gasteiger partial charge in [-0.15, -0.1) is 0 Å². The van der Waals surface area contributed by atoms with Crippen molar-refractivity contribution in [2.24, 2.45) is 5.73 Å². The molecule has 22 heavy (non-hydrogen) atoms. The van der Waals surface area contributed by atoms with Crippen molar-refractivity contribution in [3.63, 3.8) is 0 Å². The second-order valence-corrected chi connectivity index (χ2v) is 5.37. The van der Waals surface area contributed by atoms with E-state index in [-0.39, 0.29) is 0 Å². The molecule has 2 N–H and O–H groups in total. The van der Waals surface area contributed by atoms with Gasteiger partial charge in [0.15, 0.2) is 0 Å². The Labute approximate surface area is 131 Å². The fourth-order valence-electron chi connectivity index (χ4n) is 2.27. The predicted molar refractivity (Wildman–Crippen MR) is 91.1 cm³/mol.